The smallest absolute Gasteiger partial charge is 0.346 e. The Morgan fingerprint density at radius 3 is 2.74 bits per heavy atom. The van der Waals surface area contributed by atoms with E-state index in [2.05, 4.69) is 20.0 Å². The third-order valence-electron chi connectivity index (χ3n) is 2.19. The molecule has 1 amide bonds. The normalized spacial score (nSPS) is 10.1. The quantitative estimate of drug-likeness (QED) is 0.452. The number of aromatic nitrogens is 2. The van der Waals surface area contributed by atoms with Crippen LogP contribution in [-0.4, -0.2) is 41.3 Å². The van der Waals surface area contributed by atoms with Crippen molar-refractivity contribution in [3.05, 3.63) is 21.7 Å². The van der Waals surface area contributed by atoms with Crippen LogP contribution in [0.1, 0.15) is 23.0 Å². The zero-order chi connectivity index (χ0) is 14.4. The Morgan fingerprint density at radius 2 is 2.16 bits per heavy atom. The lowest BCUT2D eigenvalue weighted by Crippen LogP contribution is -2.25. The van der Waals surface area contributed by atoms with Crippen molar-refractivity contribution >= 4 is 23.6 Å². The van der Waals surface area contributed by atoms with Crippen LogP contribution in [0.3, 0.4) is 0 Å². The van der Waals surface area contributed by atoms with Gasteiger partial charge in [0.05, 0.1) is 12.9 Å². The van der Waals surface area contributed by atoms with Crippen molar-refractivity contribution < 1.29 is 14.3 Å². The van der Waals surface area contributed by atoms with Crippen LogP contribution in [0.5, 0.6) is 0 Å². The summed E-state index contributed by atoms with van der Waals surface area (Å²) in [7, 11) is 1.24. The Morgan fingerprint density at radius 1 is 1.47 bits per heavy atom. The summed E-state index contributed by atoms with van der Waals surface area (Å²) in [6.45, 7) is 3.90. The van der Waals surface area contributed by atoms with Gasteiger partial charge in [0.1, 0.15) is 10.6 Å². The average Bonchev–Trinajstić information content (AvgIpc) is 2.35. The molecule has 104 valence electrons. The first-order valence-electron chi connectivity index (χ1n) is 5.58. The number of ether oxygens (including phenoxy) is 1. The van der Waals surface area contributed by atoms with Crippen molar-refractivity contribution in [2.24, 2.45) is 0 Å². The van der Waals surface area contributed by atoms with Crippen LogP contribution < -0.4 is 11.0 Å². The highest BCUT2D eigenvalue weighted by Gasteiger charge is 2.19. The second-order valence-corrected chi connectivity index (χ2v) is 4.54. The molecule has 0 saturated heterocycles. The summed E-state index contributed by atoms with van der Waals surface area (Å²) < 4.78 is 4.64. The molecule has 0 aromatic carbocycles. The van der Waals surface area contributed by atoms with E-state index in [4.69, 9.17) is 0 Å². The van der Waals surface area contributed by atoms with E-state index in [1.807, 2.05) is 0 Å². The number of aromatic amines is 1. The van der Waals surface area contributed by atoms with Gasteiger partial charge in [0, 0.05) is 12.2 Å². The predicted octanol–water partition coefficient (Wildman–Crippen LogP) is 0.0931. The molecule has 0 unspecified atom stereocenters. The topological polar surface area (TPSA) is 101 Å². The van der Waals surface area contributed by atoms with Gasteiger partial charge in [0.15, 0.2) is 0 Å². The third kappa shape index (κ3) is 4.09. The molecule has 19 heavy (non-hydrogen) atoms. The van der Waals surface area contributed by atoms with Crippen LogP contribution in [0.4, 0.5) is 0 Å². The predicted molar refractivity (Wildman–Crippen MR) is 70.3 cm³/mol. The zero-order valence-electron chi connectivity index (χ0n) is 10.9. The lowest BCUT2D eigenvalue weighted by atomic mass is 10.2. The number of amides is 1. The van der Waals surface area contributed by atoms with E-state index in [1.54, 1.807) is 13.8 Å². The SMILES string of the molecule is CCNC(=O)CSc1nc(=O)[nH]c(C)c1C(=O)OC. The fourth-order valence-electron chi connectivity index (χ4n) is 1.39. The molecule has 1 aromatic rings. The van der Waals surface area contributed by atoms with Crippen LogP contribution >= 0.6 is 11.8 Å². The molecule has 0 radical (unpaired) electrons. The van der Waals surface area contributed by atoms with Crippen LogP contribution in [0.15, 0.2) is 9.82 Å². The first kappa shape index (κ1) is 15.2. The van der Waals surface area contributed by atoms with E-state index in [0.29, 0.717) is 12.2 Å². The molecular formula is C11H15N3O4S. The zero-order valence-corrected chi connectivity index (χ0v) is 11.7. The minimum atomic E-state index is -0.598. The van der Waals surface area contributed by atoms with Gasteiger partial charge in [-0.3, -0.25) is 4.79 Å². The number of aryl methyl sites for hydroxylation is 1. The first-order chi connectivity index (χ1) is 8.99. The van der Waals surface area contributed by atoms with E-state index >= 15 is 0 Å². The van der Waals surface area contributed by atoms with E-state index in [1.165, 1.54) is 7.11 Å². The molecule has 7 nitrogen and oxygen atoms in total. The summed E-state index contributed by atoms with van der Waals surface area (Å²) in [5, 5.41) is 2.81. The summed E-state index contributed by atoms with van der Waals surface area (Å²) in [5.41, 5.74) is -0.0230. The maximum atomic E-state index is 11.6. The van der Waals surface area contributed by atoms with Crippen molar-refractivity contribution in [2.45, 2.75) is 18.9 Å². The van der Waals surface area contributed by atoms with E-state index < -0.39 is 11.7 Å². The summed E-state index contributed by atoms with van der Waals surface area (Å²) in [4.78, 5) is 40.5. The number of nitrogens with zero attached hydrogens (tertiary/aromatic N) is 1. The summed E-state index contributed by atoms with van der Waals surface area (Å²) in [5.74, 6) is -0.712. The number of hydrogen-bond acceptors (Lipinski definition) is 6. The molecule has 2 N–H and O–H groups in total. The minimum Gasteiger partial charge on any atom is -0.465 e. The van der Waals surface area contributed by atoms with Crippen LogP contribution in [0, 0.1) is 6.92 Å². The van der Waals surface area contributed by atoms with Gasteiger partial charge in [0.2, 0.25) is 5.91 Å². The van der Waals surface area contributed by atoms with Crippen molar-refractivity contribution in [1.29, 1.82) is 0 Å². The van der Waals surface area contributed by atoms with Gasteiger partial charge >= 0.3 is 11.7 Å². The Bertz CT molecular complexity index is 541. The minimum absolute atomic E-state index is 0.0771. The Labute approximate surface area is 114 Å². The number of esters is 1. The van der Waals surface area contributed by atoms with Gasteiger partial charge in [-0.15, -0.1) is 0 Å². The molecule has 1 rings (SSSR count). The van der Waals surface area contributed by atoms with Crippen molar-refractivity contribution in [1.82, 2.24) is 15.3 Å². The maximum Gasteiger partial charge on any atom is 0.346 e. The summed E-state index contributed by atoms with van der Waals surface area (Å²) in [6, 6.07) is 0. The van der Waals surface area contributed by atoms with Gasteiger partial charge in [0.25, 0.3) is 0 Å². The molecule has 0 aliphatic heterocycles. The molecule has 1 aromatic heterocycles. The van der Waals surface area contributed by atoms with E-state index in [-0.39, 0.29) is 22.2 Å². The number of methoxy groups -OCH3 is 1. The van der Waals surface area contributed by atoms with E-state index in [0.717, 1.165) is 11.8 Å². The molecule has 0 aliphatic carbocycles. The van der Waals surface area contributed by atoms with Crippen LogP contribution in [0.25, 0.3) is 0 Å². The number of H-pyrrole nitrogens is 1. The van der Waals surface area contributed by atoms with Crippen molar-refractivity contribution in [2.75, 3.05) is 19.4 Å². The highest BCUT2D eigenvalue weighted by atomic mass is 32.2. The molecular weight excluding hydrogens is 270 g/mol. The third-order valence-corrected chi connectivity index (χ3v) is 3.17. The van der Waals surface area contributed by atoms with Gasteiger partial charge < -0.3 is 15.0 Å². The first-order valence-corrected chi connectivity index (χ1v) is 6.56. The fraction of sp³-hybridized carbons (Fsp3) is 0.455. The number of rotatable bonds is 5. The van der Waals surface area contributed by atoms with Crippen LogP contribution in [0.2, 0.25) is 0 Å². The Hall–Kier alpha value is -1.83. The van der Waals surface area contributed by atoms with Gasteiger partial charge in [-0.2, -0.15) is 4.98 Å². The molecule has 0 atom stereocenters. The molecule has 0 bridgehead atoms. The Balaban J connectivity index is 3.01. The average molecular weight is 285 g/mol. The van der Waals surface area contributed by atoms with E-state index in [9.17, 15) is 14.4 Å². The lowest BCUT2D eigenvalue weighted by Gasteiger charge is -2.08. The highest BCUT2D eigenvalue weighted by Crippen LogP contribution is 2.21. The standard InChI is InChI=1S/C11H15N3O4S/c1-4-12-7(15)5-19-9-8(10(16)18-3)6(2)13-11(17)14-9/h4-5H2,1-3H3,(H,12,15)(H,13,14,17). The summed E-state index contributed by atoms with van der Waals surface area (Å²) in [6.07, 6.45) is 0. The summed E-state index contributed by atoms with van der Waals surface area (Å²) >= 11 is 1.02. The number of hydrogen-bond donors (Lipinski definition) is 2. The molecule has 8 heteroatoms. The maximum absolute atomic E-state index is 11.6. The van der Waals surface area contributed by atoms with Crippen molar-refractivity contribution in [3.8, 4) is 0 Å². The Kier molecular flexibility index (Phi) is 5.56. The lowest BCUT2D eigenvalue weighted by molar-refractivity contribution is -0.118. The van der Waals surface area contributed by atoms with Crippen molar-refractivity contribution in [3.63, 3.8) is 0 Å². The molecule has 0 fully saturated rings. The van der Waals surface area contributed by atoms with Gasteiger partial charge in [-0.1, -0.05) is 11.8 Å². The molecule has 0 aliphatic rings. The molecule has 1 heterocycles. The fourth-order valence-corrected chi connectivity index (χ4v) is 2.29. The highest BCUT2D eigenvalue weighted by molar-refractivity contribution is 8.00. The molecule has 0 saturated carbocycles. The monoisotopic (exact) mass is 285 g/mol. The van der Waals surface area contributed by atoms with Gasteiger partial charge in [-0.05, 0) is 13.8 Å². The number of thioether (sulfide) groups is 1. The number of carbonyl (C=O) groups is 2. The van der Waals surface area contributed by atoms with Crippen LogP contribution in [-0.2, 0) is 9.53 Å². The second-order valence-electron chi connectivity index (χ2n) is 3.58. The second kappa shape index (κ2) is 6.93. The van der Waals surface area contributed by atoms with Gasteiger partial charge in [-0.25, -0.2) is 9.59 Å². The largest absolute Gasteiger partial charge is 0.465 e. The number of carbonyl (C=O) groups excluding carboxylic acids is 2. The molecule has 0 spiro atoms. The number of nitrogens with one attached hydrogen (secondary N) is 2.